The molecule has 0 amide bonds. The summed E-state index contributed by atoms with van der Waals surface area (Å²) in [4.78, 5) is 16.5. The Balaban J connectivity index is 2.12. The Hall–Kier alpha value is -1.59. The maximum absolute atomic E-state index is 12.4. The lowest BCUT2D eigenvalue weighted by atomic mass is 10.2. The average Bonchev–Trinajstić information content (AvgIpc) is 2.89. The van der Waals surface area contributed by atoms with Crippen LogP contribution in [-0.4, -0.2) is 27.2 Å². The van der Waals surface area contributed by atoms with E-state index in [0.29, 0.717) is 11.9 Å². The quantitative estimate of drug-likeness (QED) is 0.818. The van der Waals surface area contributed by atoms with Gasteiger partial charge in [0.05, 0.1) is 5.39 Å². The first-order chi connectivity index (χ1) is 9.16. The van der Waals surface area contributed by atoms with E-state index in [0.717, 1.165) is 19.4 Å². The van der Waals surface area contributed by atoms with Crippen LogP contribution in [0.15, 0.2) is 23.0 Å². The number of phenols is 1. The van der Waals surface area contributed by atoms with Gasteiger partial charge in [0, 0.05) is 12.6 Å². The molecule has 3 rings (SSSR count). The van der Waals surface area contributed by atoms with E-state index in [1.807, 2.05) is 0 Å². The first kappa shape index (κ1) is 12.4. The maximum atomic E-state index is 12.4. The lowest BCUT2D eigenvalue weighted by Gasteiger charge is -2.14. The van der Waals surface area contributed by atoms with E-state index in [9.17, 15) is 9.90 Å². The smallest absolute Gasteiger partial charge is 0.262 e. The molecule has 0 spiro atoms. The van der Waals surface area contributed by atoms with Crippen molar-refractivity contribution in [1.82, 2.24) is 14.9 Å². The number of rotatable bonds is 2. The topological polar surface area (TPSA) is 67.1 Å². The minimum atomic E-state index is -0.209. The molecule has 100 valence electrons. The number of halogens is 1. The molecular formula is C13H14ClN3O2. The molecule has 1 atom stereocenters. The van der Waals surface area contributed by atoms with Crippen LogP contribution in [0.25, 0.3) is 10.9 Å². The Morgan fingerprint density at radius 2 is 2.37 bits per heavy atom. The molecule has 1 aliphatic heterocycles. The summed E-state index contributed by atoms with van der Waals surface area (Å²) in [6.07, 6.45) is 2.14. The van der Waals surface area contributed by atoms with Crippen molar-refractivity contribution in [2.24, 2.45) is 0 Å². The number of hydrogen-bond acceptors (Lipinski definition) is 4. The fourth-order valence-corrected chi connectivity index (χ4v) is 2.72. The van der Waals surface area contributed by atoms with Crippen molar-refractivity contribution in [3.05, 3.63) is 33.8 Å². The number of phenolic OH excluding ortho intramolecular Hbond substituents is 1. The monoisotopic (exact) mass is 279 g/mol. The van der Waals surface area contributed by atoms with Crippen molar-refractivity contribution in [3.8, 4) is 5.75 Å². The molecule has 19 heavy (non-hydrogen) atoms. The molecule has 1 aromatic carbocycles. The van der Waals surface area contributed by atoms with E-state index in [2.05, 4.69) is 10.3 Å². The Bertz CT molecular complexity index is 677. The number of benzene rings is 1. The molecule has 1 fully saturated rings. The molecule has 1 aliphatic rings. The standard InChI is InChI=1S/C13H14ClN3O2/c14-13-16-11-9(4-1-5-10(11)18)12(19)17(13)7-8-3-2-6-15-8/h1,4-5,8,15,18H,2-3,6-7H2. The highest BCUT2D eigenvalue weighted by Crippen LogP contribution is 2.21. The van der Waals surface area contributed by atoms with Crippen LogP contribution in [-0.2, 0) is 6.54 Å². The SMILES string of the molecule is O=c1c2cccc(O)c2nc(Cl)n1CC1CCCN1. The Morgan fingerprint density at radius 1 is 1.53 bits per heavy atom. The molecule has 0 bridgehead atoms. The predicted octanol–water partition coefficient (Wildman–Crippen LogP) is 1.51. The van der Waals surface area contributed by atoms with Crippen LogP contribution in [0.5, 0.6) is 5.75 Å². The summed E-state index contributed by atoms with van der Waals surface area (Å²) in [5, 5.41) is 13.5. The van der Waals surface area contributed by atoms with Crippen LogP contribution < -0.4 is 10.9 Å². The summed E-state index contributed by atoms with van der Waals surface area (Å²) in [5.74, 6) is -0.0253. The van der Waals surface area contributed by atoms with Crippen LogP contribution in [0.4, 0.5) is 0 Å². The van der Waals surface area contributed by atoms with Gasteiger partial charge in [-0.3, -0.25) is 9.36 Å². The highest BCUT2D eigenvalue weighted by molar-refractivity contribution is 6.28. The number of fused-ring (bicyclic) bond motifs is 1. The van der Waals surface area contributed by atoms with Gasteiger partial charge < -0.3 is 10.4 Å². The van der Waals surface area contributed by atoms with Gasteiger partial charge in [-0.05, 0) is 43.1 Å². The van der Waals surface area contributed by atoms with Gasteiger partial charge in [-0.25, -0.2) is 4.98 Å². The van der Waals surface area contributed by atoms with Crippen molar-refractivity contribution in [2.45, 2.75) is 25.4 Å². The first-order valence-electron chi connectivity index (χ1n) is 6.28. The molecule has 1 aromatic heterocycles. The molecule has 2 N–H and O–H groups in total. The molecular weight excluding hydrogens is 266 g/mol. The Labute approximate surface area is 114 Å². The number of aromatic nitrogens is 2. The third-order valence-electron chi connectivity index (χ3n) is 3.48. The molecule has 0 saturated carbocycles. The van der Waals surface area contributed by atoms with E-state index in [-0.39, 0.29) is 28.2 Å². The van der Waals surface area contributed by atoms with E-state index < -0.39 is 0 Å². The number of nitrogens with zero attached hydrogens (tertiary/aromatic N) is 2. The molecule has 1 saturated heterocycles. The first-order valence-corrected chi connectivity index (χ1v) is 6.66. The lowest BCUT2D eigenvalue weighted by Crippen LogP contribution is -2.33. The molecule has 2 aromatic rings. The van der Waals surface area contributed by atoms with Crippen LogP contribution in [0, 0.1) is 0 Å². The van der Waals surface area contributed by atoms with E-state index in [1.54, 1.807) is 12.1 Å². The molecule has 1 unspecified atom stereocenters. The van der Waals surface area contributed by atoms with E-state index >= 15 is 0 Å². The normalized spacial score (nSPS) is 19.1. The Kier molecular flexibility index (Phi) is 3.16. The second kappa shape index (κ2) is 4.83. The molecule has 2 heterocycles. The zero-order valence-electron chi connectivity index (χ0n) is 10.3. The fraction of sp³-hybridized carbons (Fsp3) is 0.385. The summed E-state index contributed by atoms with van der Waals surface area (Å²) in [5.41, 5.74) is 0.0488. The van der Waals surface area contributed by atoms with E-state index in [4.69, 9.17) is 11.6 Å². The molecule has 6 heteroatoms. The minimum Gasteiger partial charge on any atom is -0.506 e. The zero-order chi connectivity index (χ0) is 13.4. The zero-order valence-corrected chi connectivity index (χ0v) is 11.0. The van der Waals surface area contributed by atoms with Gasteiger partial charge >= 0.3 is 0 Å². The molecule has 0 radical (unpaired) electrons. The van der Waals surface area contributed by atoms with Gasteiger partial charge in [0.2, 0.25) is 5.28 Å². The van der Waals surface area contributed by atoms with Crippen molar-refractivity contribution < 1.29 is 5.11 Å². The van der Waals surface area contributed by atoms with Crippen LogP contribution in [0.2, 0.25) is 5.28 Å². The van der Waals surface area contributed by atoms with Gasteiger partial charge in [-0.1, -0.05) is 6.07 Å². The number of para-hydroxylation sites is 1. The van der Waals surface area contributed by atoms with Gasteiger partial charge in [-0.15, -0.1) is 0 Å². The predicted molar refractivity (Wildman–Crippen MR) is 73.7 cm³/mol. The lowest BCUT2D eigenvalue weighted by molar-refractivity contribution is 0.478. The Morgan fingerprint density at radius 3 is 3.11 bits per heavy atom. The summed E-state index contributed by atoms with van der Waals surface area (Å²) >= 11 is 6.07. The summed E-state index contributed by atoms with van der Waals surface area (Å²) in [7, 11) is 0. The van der Waals surface area contributed by atoms with Crippen LogP contribution in [0.1, 0.15) is 12.8 Å². The van der Waals surface area contributed by atoms with Crippen LogP contribution >= 0.6 is 11.6 Å². The van der Waals surface area contributed by atoms with Gasteiger partial charge in [0.15, 0.2) is 0 Å². The second-order valence-corrected chi connectivity index (χ2v) is 5.10. The van der Waals surface area contributed by atoms with Crippen molar-refractivity contribution in [2.75, 3.05) is 6.54 Å². The second-order valence-electron chi connectivity index (χ2n) is 4.76. The average molecular weight is 280 g/mol. The third-order valence-corrected chi connectivity index (χ3v) is 3.77. The fourth-order valence-electron chi connectivity index (χ4n) is 2.49. The van der Waals surface area contributed by atoms with Gasteiger partial charge in [0.25, 0.3) is 5.56 Å². The van der Waals surface area contributed by atoms with Gasteiger partial charge in [-0.2, -0.15) is 0 Å². The summed E-state index contributed by atoms with van der Waals surface area (Å²) in [6.45, 7) is 1.48. The maximum Gasteiger partial charge on any atom is 0.262 e. The van der Waals surface area contributed by atoms with Crippen LogP contribution in [0.3, 0.4) is 0 Å². The summed E-state index contributed by atoms with van der Waals surface area (Å²) < 4.78 is 1.46. The van der Waals surface area contributed by atoms with Crippen molar-refractivity contribution >= 4 is 22.5 Å². The highest BCUT2D eigenvalue weighted by atomic mass is 35.5. The van der Waals surface area contributed by atoms with Crippen molar-refractivity contribution in [1.29, 1.82) is 0 Å². The minimum absolute atomic E-state index is 0.0253. The van der Waals surface area contributed by atoms with Crippen molar-refractivity contribution in [3.63, 3.8) is 0 Å². The number of nitrogens with one attached hydrogen (secondary N) is 1. The molecule has 5 nitrogen and oxygen atoms in total. The summed E-state index contributed by atoms with van der Waals surface area (Å²) in [6, 6.07) is 5.03. The third kappa shape index (κ3) is 2.19. The largest absolute Gasteiger partial charge is 0.506 e. The van der Waals surface area contributed by atoms with Gasteiger partial charge in [0.1, 0.15) is 11.3 Å². The highest BCUT2D eigenvalue weighted by Gasteiger charge is 2.18. The number of hydrogen-bond donors (Lipinski definition) is 2. The molecule has 0 aliphatic carbocycles. The number of aromatic hydroxyl groups is 1. The van der Waals surface area contributed by atoms with E-state index in [1.165, 1.54) is 10.6 Å².